The van der Waals surface area contributed by atoms with Gasteiger partial charge in [-0.25, -0.2) is 9.59 Å². The smallest absolute Gasteiger partial charge is 0.363 e. The lowest BCUT2D eigenvalue weighted by Crippen LogP contribution is -2.67. The molecule has 1 unspecified atom stereocenters. The van der Waals surface area contributed by atoms with Crippen LogP contribution >= 0.6 is 0 Å². The number of hydrogen-bond donors (Lipinski definition) is 1. The molecule has 3 aliphatic rings. The summed E-state index contributed by atoms with van der Waals surface area (Å²) in [5.74, 6) is -3.52. The molecule has 1 N–H and O–H groups in total. The average Bonchev–Trinajstić information content (AvgIpc) is 3.77. The van der Waals surface area contributed by atoms with Crippen LogP contribution in [0.3, 0.4) is 0 Å². The number of allylic oxidation sites excluding steroid dienone is 1. The van der Waals surface area contributed by atoms with Crippen molar-refractivity contribution in [3.8, 4) is 0 Å². The molecular formula is C37H48O8Si. The molecule has 2 fully saturated rings. The van der Waals surface area contributed by atoms with Crippen molar-refractivity contribution in [2.24, 2.45) is 35.0 Å². The van der Waals surface area contributed by atoms with Gasteiger partial charge in [-0.3, -0.25) is 4.79 Å². The Labute approximate surface area is 273 Å². The van der Waals surface area contributed by atoms with Crippen LogP contribution in [0, 0.1) is 35.0 Å². The zero-order valence-corrected chi connectivity index (χ0v) is 29.1. The molecule has 2 saturated carbocycles. The summed E-state index contributed by atoms with van der Waals surface area (Å²) in [6.07, 6.45) is 3.04. The molecule has 3 aliphatic carbocycles. The highest BCUT2D eigenvalue weighted by molar-refractivity contribution is 6.99. The fourth-order valence-electron chi connectivity index (χ4n) is 8.70. The topological polar surface area (TPSA) is 108 Å². The van der Waals surface area contributed by atoms with Gasteiger partial charge in [0, 0.05) is 13.5 Å². The average molecular weight is 649 g/mol. The van der Waals surface area contributed by atoms with E-state index in [2.05, 4.69) is 76.2 Å². The third-order valence-corrected chi connectivity index (χ3v) is 15.7. The number of aliphatic hydroxyl groups excluding tert-OH is 1. The van der Waals surface area contributed by atoms with E-state index in [-0.39, 0.29) is 47.7 Å². The highest BCUT2D eigenvalue weighted by Gasteiger charge is 2.70. The van der Waals surface area contributed by atoms with Crippen molar-refractivity contribution in [2.75, 3.05) is 19.8 Å². The number of hydrogen-bond acceptors (Lipinski definition) is 8. The van der Waals surface area contributed by atoms with Crippen molar-refractivity contribution >= 4 is 36.6 Å². The van der Waals surface area contributed by atoms with Crippen LogP contribution in [0.5, 0.6) is 0 Å². The van der Waals surface area contributed by atoms with Gasteiger partial charge in [-0.2, -0.15) is 0 Å². The number of ether oxygens (including phenoxy) is 3. The Hall–Kier alpha value is -3.43. The fraction of sp³-hybridized carbons (Fsp3) is 0.541. The maximum absolute atomic E-state index is 13.6. The predicted octanol–water partition coefficient (Wildman–Crippen LogP) is 5.34. The lowest BCUT2D eigenvalue weighted by molar-refractivity contribution is -0.204. The second kappa shape index (κ2) is 12.6. The Morgan fingerprint density at radius 1 is 0.870 bits per heavy atom. The first kappa shape index (κ1) is 33.9. The van der Waals surface area contributed by atoms with Crippen LogP contribution in [0.25, 0.3) is 0 Å². The largest absolute Gasteiger partial charge is 0.512 e. The zero-order chi connectivity index (χ0) is 33.5. The molecule has 0 aromatic heterocycles. The standard InChI is InChI=1S/C37H48O8Si/c1-8-42-33(40)37(45-24(3)38,34(41)43-9-2)31-21-30-28(27-20-29(27)36(30,7)22-32(31)39)23-44-46(35(4,5)6,25-16-12-10-13-17-25)26-18-14-11-15-19-26/h10-19,22,27-31,39H,8-9,20-21,23H2,1-7H3/t27-,28-,29-,30+,31?,36+/m1/s1. The van der Waals surface area contributed by atoms with Crippen LogP contribution < -0.4 is 10.4 Å². The van der Waals surface area contributed by atoms with Gasteiger partial charge in [0.25, 0.3) is 8.32 Å². The first-order chi connectivity index (χ1) is 21.8. The van der Waals surface area contributed by atoms with Crippen molar-refractivity contribution in [2.45, 2.75) is 71.9 Å². The molecule has 46 heavy (non-hydrogen) atoms. The highest BCUT2D eigenvalue weighted by atomic mass is 28.4. The Balaban J connectivity index is 1.56. The van der Waals surface area contributed by atoms with E-state index in [4.69, 9.17) is 18.6 Å². The molecule has 248 valence electrons. The highest BCUT2D eigenvalue weighted by Crippen LogP contribution is 2.71. The number of aliphatic hydroxyl groups is 1. The van der Waals surface area contributed by atoms with Gasteiger partial charge in [-0.1, -0.05) is 88.4 Å². The molecule has 8 nitrogen and oxygen atoms in total. The van der Waals surface area contributed by atoms with Crippen LogP contribution in [0.1, 0.15) is 61.3 Å². The molecule has 0 aliphatic heterocycles. The van der Waals surface area contributed by atoms with Gasteiger partial charge < -0.3 is 23.7 Å². The number of esters is 3. The zero-order valence-electron chi connectivity index (χ0n) is 28.1. The lowest BCUT2D eigenvalue weighted by Gasteiger charge is -2.47. The molecule has 0 spiro atoms. The van der Waals surface area contributed by atoms with Gasteiger partial charge in [0.2, 0.25) is 0 Å². The summed E-state index contributed by atoms with van der Waals surface area (Å²) in [6.45, 7) is 13.7. The fourth-order valence-corrected chi connectivity index (χ4v) is 13.3. The molecule has 6 atom stereocenters. The van der Waals surface area contributed by atoms with E-state index in [9.17, 15) is 19.5 Å². The maximum Gasteiger partial charge on any atom is 0.363 e. The quantitative estimate of drug-likeness (QED) is 0.151. The number of benzene rings is 2. The summed E-state index contributed by atoms with van der Waals surface area (Å²) in [6, 6.07) is 21.0. The molecule has 2 aromatic rings. The molecule has 5 rings (SSSR count). The molecule has 9 heteroatoms. The summed E-state index contributed by atoms with van der Waals surface area (Å²) in [4.78, 5) is 39.7. The molecule has 0 bridgehead atoms. The molecule has 2 aromatic carbocycles. The minimum atomic E-state index is -2.84. The monoisotopic (exact) mass is 648 g/mol. The molecule has 0 radical (unpaired) electrons. The van der Waals surface area contributed by atoms with Crippen molar-refractivity contribution in [3.05, 3.63) is 72.5 Å². The SMILES string of the molecule is CCOC(=O)C(OC(C)=O)(C(=O)OCC)C1C[C@H]2[C@H](CO[Si](c3ccccc3)(c3ccccc3)C(C)(C)C)[C@H]3C[C@H]3[C@]2(C)C=C1O. The Morgan fingerprint density at radius 2 is 1.39 bits per heavy atom. The lowest BCUT2D eigenvalue weighted by atomic mass is 9.62. The Morgan fingerprint density at radius 3 is 1.85 bits per heavy atom. The molecule has 0 amide bonds. The van der Waals surface area contributed by atoms with Crippen molar-refractivity contribution in [1.82, 2.24) is 0 Å². The van der Waals surface area contributed by atoms with Gasteiger partial charge in [-0.05, 0) is 77.3 Å². The molecular weight excluding hydrogens is 600 g/mol. The maximum atomic E-state index is 13.6. The third-order valence-electron chi connectivity index (χ3n) is 10.7. The van der Waals surface area contributed by atoms with E-state index < -0.39 is 37.7 Å². The van der Waals surface area contributed by atoms with E-state index in [1.807, 2.05) is 12.1 Å². The van der Waals surface area contributed by atoms with E-state index in [0.29, 0.717) is 18.4 Å². The summed E-state index contributed by atoms with van der Waals surface area (Å²) in [5, 5.41) is 13.8. The molecule has 0 heterocycles. The van der Waals surface area contributed by atoms with E-state index in [0.717, 1.165) is 13.3 Å². The number of carbonyl (C=O) groups excluding carboxylic acids is 3. The Bertz CT molecular complexity index is 1410. The first-order valence-electron chi connectivity index (χ1n) is 16.5. The second-order valence-electron chi connectivity index (χ2n) is 14.2. The van der Waals surface area contributed by atoms with Crippen molar-refractivity contribution < 1.29 is 38.1 Å². The van der Waals surface area contributed by atoms with Gasteiger partial charge >= 0.3 is 23.5 Å². The van der Waals surface area contributed by atoms with Gasteiger partial charge in [0.1, 0.15) is 0 Å². The number of carbonyl (C=O) groups is 3. The number of fused-ring (bicyclic) bond motifs is 3. The Kier molecular flexibility index (Phi) is 9.32. The normalized spacial score (nSPS) is 27.1. The summed E-state index contributed by atoms with van der Waals surface area (Å²) in [5.41, 5.74) is -2.84. The second-order valence-corrected chi connectivity index (χ2v) is 18.6. The number of rotatable bonds is 11. The van der Waals surface area contributed by atoms with Crippen LogP contribution in [-0.4, -0.2) is 56.8 Å². The van der Waals surface area contributed by atoms with E-state index in [1.54, 1.807) is 19.9 Å². The summed E-state index contributed by atoms with van der Waals surface area (Å²) >= 11 is 0. The van der Waals surface area contributed by atoms with Crippen molar-refractivity contribution in [1.29, 1.82) is 0 Å². The van der Waals surface area contributed by atoms with Crippen LogP contribution in [0.4, 0.5) is 0 Å². The van der Waals surface area contributed by atoms with Crippen LogP contribution in [0.15, 0.2) is 72.5 Å². The van der Waals surface area contributed by atoms with E-state index in [1.165, 1.54) is 10.4 Å². The van der Waals surface area contributed by atoms with Gasteiger partial charge in [0.05, 0.1) is 24.9 Å². The summed E-state index contributed by atoms with van der Waals surface area (Å²) in [7, 11) is -2.84. The minimum absolute atomic E-state index is 0.0430. The first-order valence-corrected chi connectivity index (χ1v) is 18.4. The van der Waals surface area contributed by atoms with Crippen LogP contribution in [-0.2, 0) is 33.0 Å². The van der Waals surface area contributed by atoms with Gasteiger partial charge in [0.15, 0.2) is 0 Å². The molecule has 0 saturated heterocycles. The van der Waals surface area contributed by atoms with Crippen molar-refractivity contribution in [3.63, 3.8) is 0 Å². The summed E-state index contributed by atoms with van der Waals surface area (Å²) < 4.78 is 23.7. The third kappa shape index (κ3) is 5.49. The van der Waals surface area contributed by atoms with E-state index >= 15 is 0 Å². The van der Waals surface area contributed by atoms with Gasteiger partial charge in [-0.15, -0.1) is 0 Å². The predicted molar refractivity (Wildman–Crippen MR) is 177 cm³/mol. The minimum Gasteiger partial charge on any atom is -0.512 e. The van der Waals surface area contributed by atoms with Crippen LogP contribution in [0.2, 0.25) is 5.04 Å².